The van der Waals surface area contributed by atoms with Crippen molar-refractivity contribution >= 4 is 22.9 Å². The molecule has 1 aliphatic rings. The fourth-order valence-electron chi connectivity index (χ4n) is 3.07. The van der Waals surface area contributed by atoms with Gasteiger partial charge in [-0.1, -0.05) is 18.2 Å². The van der Waals surface area contributed by atoms with Gasteiger partial charge in [-0.3, -0.25) is 9.36 Å². The van der Waals surface area contributed by atoms with E-state index in [1.807, 2.05) is 6.07 Å². The lowest BCUT2D eigenvalue weighted by Crippen LogP contribution is -2.39. The second-order valence-electron chi connectivity index (χ2n) is 6.18. The quantitative estimate of drug-likeness (QED) is 0.487. The number of anilines is 1. The van der Waals surface area contributed by atoms with Crippen LogP contribution in [0.1, 0.15) is 16.6 Å². The van der Waals surface area contributed by atoms with Gasteiger partial charge in [0.25, 0.3) is 5.91 Å². The Labute approximate surface area is 153 Å². The van der Waals surface area contributed by atoms with E-state index in [4.69, 9.17) is 10.5 Å². The molecule has 5 N–H and O–H groups in total. The number of aliphatic hydroxyl groups excluding tert-OH is 2. The molecule has 2 aromatic heterocycles. The Balaban J connectivity index is 1.65. The maximum Gasteiger partial charge on any atom is 0.256 e. The van der Waals surface area contributed by atoms with Crippen molar-refractivity contribution in [2.75, 3.05) is 11.9 Å². The zero-order chi connectivity index (χ0) is 19.0. The summed E-state index contributed by atoms with van der Waals surface area (Å²) in [7, 11) is 0. The van der Waals surface area contributed by atoms with Crippen LogP contribution in [0, 0.1) is 0 Å². The van der Waals surface area contributed by atoms with E-state index in [1.54, 1.807) is 28.8 Å². The number of carbonyl (C=O) groups excluding carboxylic acids is 1. The average Bonchev–Trinajstić information content (AvgIpc) is 3.25. The van der Waals surface area contributed by atoms with Crippen molar-refractivity contribution in [3.05, 3.63) is 48.5 Å². The maximum atomic E-state index is 12.4. The van der Waals surface area contributed by atoms with Gasteiger partial charge in [0.2, 0.25) is 0 Å². The molecule has 0 radical (unpaired) electrons. The van der Waals surface area contributed by atoms with Crippen molar-refractivity contribution in [3.8, 4) is 0 Å². The number of amides is 1. The molecule has 3 heterocycles. The Bertz CT molecular complexity index is 962. The van der Waals surface area contributed by atoms with Crippen molar-refractivity contribution in [1.29, 1.82) is 0 Å². The van der Waals surface area contributed by atoms with Gasteiger partial charge < -0.3 is 26.0 Å². The lowest BCUT2D eigenvalue weighted by atomic mass is 10.1. The van der Waals surface area contributed by atoms with Crippen LogP contribution in [0.3, 0.4) is 0 Å². The Morgan fingerprint density at radius 2 is 2.04 bits per heavy atom. The molecule has 10 heteroatoms. The molecule has 0 bridgehead atoms. The molecule has 3 aromatic rings. The minimum Gasteiger partial charge on any atom is -0.394 e. The van der Waals surface area contributed by atoms with Gasteiger partial charge in [-0.2, -0.15) is 0 Å². The summed E-state index contributed by atoms with van der Waals surface area (Å²) in [6.45, 7) is -0.356. The van der Waals surface area contributed by atoms with E-state index in [2.05, 4.69) is 20.3 Å². The van der Waals surface area contributed by atoms with Crippen LogP contribution in [-0.4, -0.2) is 60.5 Å². The third kappa shape index (κ3) is 3.04. The van der Waals surface area contributed by atoms with Crippen LogP contribution in [0.25, 0.3) is 11.2 Å². The first kappa shape index (κ1) is 17.5. The fraction of sp³-hybridized carbons (Fsp3) is 0.294. The van der Waals surface area contributed by atoms with Crippen LogP contribution in [-0.2, 0) is 4.74 Å². The van der Waals surface area contributed by atoms with Crippen LogP contribution in [0.2, 0.25) is 0 Å². The van der Waals surface area contributed by atoms with E-state index < -0.39 is 24.5 Å². The zero-order valence-corrected chi connectivity index (χ0v) is 14.1. The SMILES string of the molecule is N[C@@H]1[C@H](O)[C@@H](CO)O[C@H]1n1cnc2c(NC(=O)c3ccccc3)ncnc21. The molecule has 0 unspecified atom stereocenters. The summed E-state index contributed by atoms with van der Waals surface area (Å²) in [5.74, 6) is -0.0758. The average molecular weight is 370 g/mol. The smallest absolute Gasteiger partial charge is 0.256 e. The first-order valence-corrected chi connectivity index (χ1v) is 8.34. The highest BCUT2D eigenvalue weighted by Crippen LogP contribution is 2.31. The fourth-order valence-corrected chi connectivity index (χ4v) is 3.07. The Kier molecular flexibility index (Phi) is 4.54. The number of rotatable bonds is 4. The highest BCUT2D eigenvalue weighted by atomic mass is 16.5. The van der Waals surface area contributed by atoms with Crippen LogP contribution >= 0.6 is 0 Å². The predicted octanol–water partition coefficient (Wildman–Crippen LogP) is -0.343. The van der Waals surface area contributed by atoms with E-state index in [0.717, 1.165) is 0 Å². The molecule has 1 fully saturated rings. The molecule has 27 heavy (non-hydrogen) atoms. The number of nitrogens with zero attached hydrogens (tertiary/aromatic N) is 4. The number of fused-ring (bicyclic) bond motifs is 1. The summed E-state index contributed by atoms with van der Waals surface area (Å²) in [4.78, 5) is 24.9. The van der Waals surface area contributed by atoms with Gasteiger partial charge in [-0.15, -0.1) is 0 Å². The summed E-state index contributed by atoms with van der Waals surface area (Å²) in [5, 5.41) is 22.1. The van der Waals surface area contributed by atoms with E-state index in [9.17, 15) is 15.0 Å². The van der Waals surface area contributed by atoms with E-state index in [-0.39, 0.29) is 18.3 Å². The van der Waals surface area contributed by atoms with Crippen molar-refractivity contribution in [2.24, 2.45) is 5.73 Å². The molecule has 1 aromatic carbocycles. The van der Waals surface area contributed by atoms with Crippen molar-refractivity contribution < 1.29 is 19.7 Å². The summed E-state index contributed by atoms with van der Waals surface area (Å²) < 4.78 is 7.18. The highest BCUT2D eigenvalue weighted by Gasteiger charge is 2.42. The van der Waals surface area contributed by atoms with Crippen LogP contribution in [0.5, 0.6) is 0 Å². The Morgan fingerprint density at radius 3 is 2.74 bits per heavy atom. The number of aromatic nitrogens is 4. The lowest BCUT2D eigenvalue weighted by Gasteiger charge is -2.17. The molecule has 0 spiro atoms. The third-order valence-corrected chi connectivity index (χ3v) is 4.50. The monoisotopic (exact) mass is 370 g/mol. The standard InChI is InChI=1S/C17H18N6O4/c18-11-13(25)10(6-24)27-17(11)23-8-21-12-14(19-7-20-15(12)23)22-16(26)9-4-2-1-3-5-9/h1-5,7-8,10-11,13,17,24-25H,6,18H2,(H,19,20,22,26)/t10-,11-,13-,17-/m1/s1. The molecule has 1 saturated heterocycles. The minimum absolute atomic E-state index is 0.249. The van der Waals surface area contributed by atoms with E-state index >= 15 is 0 Å². The Hall–Kier alpha value is -2.92. The zero-order valence-electron chi connectivity index (χ0n) is 14.1. The second-order valence-corrected chi connectivity index (χ2v) is 6.18. The highest BCUT2D eigenvalue weighted by molar-refractivity contribution is 6.06. The normalized spacial score (nSPS) is 25.0. The summed E-state index contributed by atoms with van der Waals surface area (Å²) in [5.41, 5.74) is 7.25. The summed E-state index contributed by atoms with van der Waals surface area (Å²) in [6.07, 6.45) is 0.184. The van der Waals surface area contributed by atoms with Gasteiger partial charge in [0, 0.05) is 5.56 Å². The van der Waals surface area contributed by atoms with Crippen molar-refractivity contribution in [2.45, 2.75) is 24.5 Å². The number of benzene rings is 1. The molecular weight excluding hydrogens is 352 g/mol. The van der Waals surface area contributed by atoms with Gasteiger partial charge in [-0.25, -0.2) is 15.0 Å². The molecule has 0 aliphatic carbocycles. The number of hydrogen-bond acceptors (Lipinski definition) is 8. The van der Waals surface area contributed by atoms with Gasteiger partial charge in [-0.05, 0) is 12.1 Å². The third-order valence-electron chi connectivity index (χ3n) is 4.50. The number of imidazole rings is 1. The molecule has 10 nitrogen and oxygen atoms in total. The topological polar surface area (TPSA) is 148 Å². The predicted molar refractivity (Wildman–Crippen MR) is 94.7 cm³/mol. The van der Waals surface area contributed by atoms with Crippen LogP contribution in [0.15, 0.2) is 43.0 Å². The van der Waals surface area contributed by atoms with Crippen molar-refractivity contribution in [1.82, 2.24) is 19.5 Å². The minimum atomic E-state index is -1.02. The molecular formula is C17H18N6O4. The molecule has 4 atom stereocenters. The number of carbonyl (C=O) groups is 1. The number of ether oxygens (including phenoxy) is 1. The molecule has 1 aliphatic heterocycles. The number of hydrogen-bond donors (Lipinski definition) is 4. The Morgan fingerprint density at radius 1 is 1.26 bits per heavy atom. The van der Waals surface area contributed by atoms with Gasteiger partial charge in [0.1, 0.15) is 18.5 Å². The largest absolute Gasteiger partial charge is 0.394 e. The van der Waals surface area contributed by atoms with E-state index in [1.165, 1.54) is 12.7 Å². The van der Waals surface area contributed by atoms with Gasteiger partial charge in [0.15, 0.2) is 23.2 Å². The van der Waals surface area contributed by atoms with Crippen LogP contribution < -0.4 is 11.1 Å². The maximum absolute atomic E-state index is 12.4. The molecule has 0 saturated carbocycles. The van der Waals surface area contributed by atoms with Gasteiger partial charge in [0.05, 0.1) is 19.0 Å². The lowest BCUT2D eigenvalue weighted by molar-refractivity contribution is -0.0437. The van der Waals surface area contributed by atoms with Gasteiger partial charge >= 0.3 is 0 Å². The number of nitrogens with one attached hydrogen (secondary N) is 1. The number of aliphatic hydroxyl groups is 2. The molecule has 4 rings (SSSR count). The first-order valence-electron chi connectivity index (χ1n) is 8.34. The summed E-state index contributed by atoms with van der Waals surface area (Å²) in [6, 6.07) is 7.96. The molecule has 140 valence electrons. The van der Waals surface area contributed by atoms with E-state index in [0.29, 0.717) is 16.7 Å². The second kappa shape index (κ2) is 7.00. The molecule has 1 amide bonds. The van der Waals surface area contributed by atoms with Crippen molar-refractivity contribution in [3.63, 3.8) is 0 Å². The number of nitrogens with two attached hydrogens (primary N) is 1. The first-order chi connectivity index (χ1) is 13.1. The summed E-state index contributed by atoms with van der Waals surface area (Å²) >= 11 is 0. The van der Waals surface area contributed by atoms with Crippen LogP contribution in [0.4, 0.5) is 5.82 Å².